The molecule has 0 amide bonds. The number of hydrogen-bond acceptors (Lipinski definition) is 5. The first-order chi connectivity index (χ1) is 11.9. The number of cyclic esters (lactones) is 1. The fourth-order valence-corrected chi connectivity index (χ4v) is 3.14. The van der Waals surface area contributed by atoms with Crippen molar-refractivity contribution in [3.8, 4) is 0 Å². The SMILES string of the molecule is CCCCCCCCCCCCC(OC(C)=O)C1=CC(C)(O)OC1=O. The molecule has 144 valence electrons. The minimum absolute atomic E-state index is 0.246. The summed E-state index contributed by atoms with van der Waals surface area (Å²) in [6, 6.07) is 0. The summed E-state index contributed by atoms with van der Waals surface area (Å²) in [5.74, 6) is -2.65. The van der Waals surface area contributed by atoms with Crippen LogP contribution in [0.15, 0.2) is 11.6 Å². The molecule has 1 aliphatic rings. The molecule has 2 atom stereocenters. The maximum absolute atomic E-state index is 11.9. The molecule has 1 N–H and O–H groups in total. The minimum atomic E-state index is -1.61. The molecule has 0 bridgehead atoms. The van der Waals surface area contributed by atoms with Gasteiger partial charge in [0.15, 0.2) is 0 Å². The number of unbranched alkanes of at least 4 members (excludes halogenated alkanes) is 9. The summed E-state index contributed by atoms with van der Waals surface area (Å²) in [6.45, 7) is 4.94. The lowest BCUT2D eigenvalue weighted by atomic mass is 10.0. The Morgan fingerprint density at radius 3 is 2.08 bits per heavy atom. The van der Waals surface area contributed by atoms with E-state index in [1.807, 2.05) is 0 Å². The van der Waals surface area contributed by atoms with Gasteiger partial charge in [0.2, 0.25) is 5.79 Å². The van der Waals surface area contributed by atoms with Gasteiger partial charge in [-0.1, -0.05) is 64.7 Å². The van der Waals surface area contributed by atoms with Crippen molar-refractivity contribution in [1.29, 1.82) is 0 Å². The van der Waals surface area contributed by atoms with Gasteiger partial charge in [-0.2, -0.15) is 0 Å². The molecule has 1 heterocycles. The number of carbonyl (C=O) groups is 2. The van der Waals surface area contributed by atoms with Crippen molar-refractivity contribution in [1.82, 2.24) is 0 Å². The molecule has 0 saturated heterocycles. The van der Waals surface area contributed by atoms with Crippen LogP contribution in [-0.2, 0) is 19.1 Å². The van der Waals surface area contributed by atoms with Crippen molar-refractivity contribution in [3.05, 3.63) is 11.6 Å². The fourth-order valence-electron chi connectivity index (χ4n) is 3.14. The van der Waals surface area contributed by atoms with Crippen molar-refractivity contribution < 1.29 is 24.2 Å². The monoisotopic (exact) mass is 354 g/mol. The van der Waals surface area contributed by atoms with Gasteiger partial charge in [0.1, 0.15) is 6.10 Å². The normalized spacial score (nSPS) is 21.0. The van der Waals surface area contributed by atoms with Crippen LogP contribution < -0.4 is 0 Å². The predicted octanol–water partition coefficient (Wildman–Crippen LogP) is 4.42. The molecule has 0 spiro atoms. The molecule has 2 unspecified atom stereocenters. The quantitative estimate of drug-likeness (QED) is 0.391. The molecular formula is C20H34O5. The first kappa shape index (κ1) is 21.7. The third-order valence-corrected chi connectivity index (χ3v) is 4.43. The average Bonchev–Trinajstić information content (AvgIpc) is 2.80. The van der Waals surface area contributed by atoms with Crippen LogP contribution in [-0.4, -0.2) is 28.9 Å². The summed E-state index contributed by atoms with van der Waals surface area (Å²) < 4.78 is 10.1. The summed E-state index contributed by atoms with van der Waals surface area (Å²) >= 11 is 0. The van der Waals surface area contributed by atoms with Crippen LogP contribution in [0, 0.1) is 0 Å². The van der Waals surface area contributed by atoms with E-state index in [-0.39, 0.29) is 5.57 Å². The predicted molar refractivity (Wildman–Crippen MR) is 96.8 cm³/mol. The Hall–Kier alpha value is -1.36. The second-order valence-corrected chi connectivity index (χ2v) is 7.11. The summed E-state index contributed by atoms with van der Waals surface area (Å²) in [7, 11) is 0. The Morgan fingerprint density at radius 1 is 1.12 bits per heavy atom. The second-order valence-electron chi connectivity index (χ2n) is 7.11. The van der Waals surface area contributed by atoms with Crippen LogP contribution in [0.5, 0.6) is 0 Å². The number of carbonyl (C=O) groups excluding carboxylic acids is 2. The molecule has 0 aliphatic carbocycles. The third kappa shape index (κ3) is 9.05. The van der Waals surface area contributed by atoms with E-state index in [4.69, 9.17) is 9.47 Å². The number of ether oxygens (including phenoxy) is 2. The molecule has 25 heavy (non-hydrogen) atoms. The maximum atomic E-state index is 11.9. The van der Waals surface area contributed by atoms with E-state index < -0.39 is 23.8 Å². The topological polar surface area (TPSA) is 72.8 Å². The average molecular weight is 354 g/mol. The van der Waals surface area contributed by atoms with Gasteiger partial charge in [-0.25, -0.2) is 4.79 Å². The first-order valence-electron chi connectivity index (χ1n) is 9.71. The third-order valence-electron chi connectivity index (χ3n) is 4.43. The van der Waals surface area contributed by atoms with Crippen molar-refractivity contribution >= 4 is 11.9 Å². The van der Waals surface area contributed by atoms with Gasteiger partial charge >= 0.3 is 11.9 Å². The molecule has 0 aromatic heterocycles. The Balaban J connectivity index is 2.26. The molecule has 0 aromatic rings. The molecule has 1 aliphatic heterocycles. The van der Waals surface area contributed by atoms with Crippen molar-refractivity contribution in [2.24, 2.45) is 0 Å². The van der Waals surface area contributed by atoms with Crippen LogP contribution in [0.4, 0.5) is 0 Å². The molecule has 1 rings (SSSR count). The molecule has 5 nitrogen and oxygen atoms in total. The molecular weight excluding hydrogens is 320 g/mol. The standard InChI is InChI=1S/C20H34O5/c1-4-5-6-7-8-9-10-11-12-13-14-18(24-16(2)21)17-15-20(3,23)25-19(17)22/h15,18,23H,4-14H2,1-3H3. The van der Waals surface area contributed by atoms with Crippen LogP contribution >= 0.6 is 0 Å². The van der Waals surface area contributed by atoms with E-state index >= 15 is 0 Å². The van der Waals surface area contributed by atoms with Gasteiger partial charge in [-0.15, -0.1) is 0 Å². The van der Waals surface area contributed by atoms with Crippen LogP contribution in [0.1, 0.15) is 91.4 Å². The lowest BCUT2D eigenvalue weighted by molar-refractivity contribution is -0.173. The zero-order valence-electron chi connectivity index (χ0n) is 16.0. The van der Waals surface area contributed by atoms with E-state index in [9.17, 15) is 14.7 Å². The zero-order chi connectivity index (χ0) is 18.7. The number of rotatable bonds is 13. The van der Waals surface area contributed by atoms with Gasteiger partial charge in [0.05, 0.1) is 5.57 Å². The van der Waals surface area contributed by atoms with Gasteiger partial charge in [0.25, 0.3) is 0 Å². The number of aliphatic hydroxyl groups is 1. The lowest BCUT2D eigenvalue weighted by Crippen LogP contribution is -2.24. The Bertz CT molecular complexity index is 453. The molecule has 0 fully saturated rings. The Morgan fingerprint density at radius 2 is 1.64 bits per heavy atom. The summed E-state index contributed by atoms with van der Waals surface area (Å²) in [6.07, 6.45) is 13.5. The highest BCUT2D eigenvalue weighted by Crippen LogP contribution is 2.28. The number of hydrogen-bond donors (Lipinski definition) is 1. The molecule has 0 aromatic carbocycles. The van der Waals surface area contributed by atoms with Gasteiger partial charge < -0.3 is 14.6 Å². The smallest absolute Gasteiger partial charge is 0.340 e. The van der Waals surface area contributed by atoms with Crippen molar-refractivity contribution in [3.63, 3.8) is 0 Å². The highest BCUT2D eigenvalue weighted by molar-refractivity contribution is 5.92. The Kier molecular flexibility index (Phi) is 9.79. The Labute approximate surface area is 151 Å². The van der Waals surface area contributed by atoms with E-state index in [0.29, 0.717) is 6.42 Å². The van der Waals surface area contributed by atoms with Crippen LogP contribution in [0.25, 0.3) is 0 Å². The van der Waals surface area contributed by atoms with E-state index in [0.717, 1.165) is 19.3 Å². The van der Waals surface area contributed by atoms with Crippen LogP contribution in [0.2, 0.25) is 0 Å². The highest BCUT2D eigenvalue weighted by Gasteiger charge is 2.38. The van der Waals surface area contributed by atoms with Gasteiger partial charge in [0, 0.05) is 19.9 Å². The van der Waals surface area contributed by atoms with Crippen molar-refractivity contribution in [2.45, 2.75) is 103 Å². The summed E-state index contributed by atoms with van der Waals surface area (Å²) in [5.41, 5.74) is 0.246. The van der Waals surface area contributed by atoms with Gasteiger partial charge in [-0.3, -0.25) is 4.79 Å². The summed E-state index contributed by atoms with van der Waals surface area (Å²) in [4.78, 5) is 23.2. The minimum Gasteiger partial charge on any atom is -0.457 e. The van der Waals surface area contributed by atoms with Crippen molar-refractivity contribution in [2.75, 3.05) is 0 Å². The maximum Gasteiger partial charge on any atom is 0.340 e. The van der Waals surface area contributed by atoms with E-state index in [1.165, 1.54) is 64.9 Å². The fraction of sp³-hybridized carbons (Fsp3) is 0.800. The van der Waals surface area contributed by atoms with Crippen LogP contribution in [0.3, 0.4) is 0 Å². The zero-order valence-corrected chi connectivity index (χ0v) is 16.0. The van der Waals surface area contributed by atoms with E-state index in [2.05, 4.69) is 6.92 Å². The summed E-state index contributed by atoms with van der Waals surface area (Å²) in [5, 5.41) is 9.80. The first-order valence-corrected chi connectivity index (χ1v) is 9.71. The molecule has 0 saturated carbocycles. The van der Waals surface area contributed by atoms with Gasteiger partial charge in [-0.05, 0) is 12.8 Å². The highest BCUT2D eigenvalue weighted by atomic mass is 16.7. The number of esters is 2. The molecule has 5 heteroatoms. The molecule has 0 radical (unpaired) electrons. The second kappa shape index (κ2) is 11.3. The largest absolute Gasteiger partial charge is 0.457 e. The lowest BCUT2D eigenvalue weighted by Gasteiger charge is -2.16. The van der Waals surface area contributed by atoms with E-state index in [1.54, 1.807) is 0 Å².